The Kier molecular flexibility index (Phi) is 6.90. The quantitative estimate of drug-likeness (QED) is 0.334. The number of aliphatic hydroxyl groups is 1. The van der Waals surface area contributed by atoms with Gasteiger partial charge in [0, 0.05) is 69.4 Å². The highest BCUT2D eigenvalue weighted by Gasteiger charge is 2.49. The van der Waals surface area contributed by atoms with E-state index >= 15 is 0 Å². The van der Waals surface area contributed by atoms with Crippen molar-refractivity contribution in [1.82, 2.24) is 9.55 Å². The second-order valence-electron chi connectivity index (χ2n) is 12.4. The van der Waals surface area contributed by atoms with Crippen LogP contribution in [0.3, 0.4) is 0 Å². The number of pyridine rings is 2. The van der Waals surface area contributed by atoms with Crippen molar-refractivity contribution < 1.29 is 14.6 Å². The molecule has 1 spiro atoms. The summed E-state index contributed by atoms with van der Waals surface area (Å²) in [5, 5.41) is 13.9. The summed E-state index contributed by atoms with van der Waals surface area (Å²) in [6.07, 6.45) is 6.02. The maximum Gasteiger partial charge on any atom is 0.274 e. The molecule has 0 atom stereocenters. The minimum absolute atomic E-state index is 0.0865. The third kappa shape index (κ3) is 4.80. The first-order chi connectivity index (χ1) is 21.2. The summed E-state index contributed by atoms with van der Waals surface area (Å²) in [7, 11) is 5.68. The Bertz CT molecular complexity index is 1820. The summed E-state index contributed by atoms with van der Waals surface area (Å²) >= 11 is 0. The van der Waals surface area contributed by atoms with Gasteiger partial charge in [0.2, 0.25) is 0 Å². The number of nitrogens with one attached hydrogen (secondary N) is 1. The van der Waals surface area contributed by atoms with E-state index in [9.17, 15) is 14.7 Å². The molecule has 0 aliphatic carbocycles. The highest BCUT2D eigenvalue weighted by atomic mass is 16.5. The Hall–Kier alpha value is -4.67. The van der Waals surface area contributed by atoms with E-state index in [-0.39, 0.29) is 23.5 Å². The average molecular weight is 593 g/mol. The Morgan fingerprint density at radius 3 is 2.59 bits per heavy atom. The molecule has 0 saturated carbocycles. The van der Waals surface area contributed by atoms with Gasteiger partial charge in [-0.1, -0.05) is 12.1 Å². The number of rotatable bonds is 7. The molecule has 3 aliphatic rings. The van der Waals surface area contributed by atoms with Gasteiger partial charge in [0.05, 0.1) is 54.7 Å². The van der Waals surface area contributed by atoms with Crippen molar-refractivity contribution in [2.75, 3.05) is 67.0 Å². The zero-order valence-electron chi connectivity index (χ0n) is 25.2. The van der Waals surface area contributed by atoms with Gasteiger partial charge in [-0.3, -0.25) is 14.6 Å². The molecule has 2 fully saturated rings. The SMILES string of the molecule is CN(C)c1ccc2c(c1)CCN(c1cccc(-c3cc(Nc4cncc(N5CC6(COC6)C5)c4)c(=O)n(C)c3)c1CO)C2=O. The normalized spacial score (nSPS) is 16.8. The van der Waals surface area contributed by atoms with Crippen LogP contribution in [0.25, 0.3) is 11.1 Å². The summed E-state index contributed by atoms with van der Waals surface area (Å²) < 4.78 is 6.93. The van der Waals surface area contributed by atoms with Crippen LogP contribution < -0.4 is 25.6 Å². The summed E-state index contributed by atoms with van der Waals surface area (Å²) in [5.74, 6) is -0.0865. The van der Waals surface area contributed by atoms with E-state index in [2.05, 4.69) is 21.3 Å². The van der Waals surface area contributed by atoms with E-state index in [0.717, 1.165) is 54.4 Å². The lowest BCUT2D eigenvalue weighted by Gasteiger charge is -2.55. The molecule has 5 heterocycles. The van der Waals surface area contributed by atoms with Gasteiger partial charge in [-0.05, 0) is 53.9 Å². The van der Waals surface area contributed by atoms with Crippen LogP contribution in [0.1, 0.15) is 21.5 Å². The number of carbonyl (C=O) groups is 1. The van der Waals surface area contributed by atoms with Gasteiger partial charge in [-0.15, -0.1) is 0 Å². The second kappa shape index (κ2) is 10.8. The lowest BCUT2D eigenvalue weighted by Crippen LogP contribution is -2.66. The Morgan fingerprint density at radius 2 is 1.86 bits per heavy atom. The molecule has 0 unspecified atom stereocenters. The number of ether oxygens (including phenoxy) is 1. The van der Waals surface area contributed by atoms with Crippen molar-refractivity contribution in [1.29, 1.82) is 0 Å². The molecule has 10 nitrogen and oxygen atoms in total. The summed E-state index contributed by atoms with van der Waals surface area (Å²) in [6.45, 7) is 3.75. The van der Waals surface area contributed by atoms with Gasteiger partial charge in [-0.2, -0.15) is 0 Å². The summed E-state index contributed by atoms with van der Waals surface area (Å²) in [5.41, 5.74) is 7.77. The van der Waals surface area contributed by atoms with E-state index in [1.54, 1.807) is 30.4 Å². The van der Waals surface area contributed by atoms with E-state index in [0.29, 0.717) is 41.2 Å². The Labute approximate surface area is 256 Å². The lowest BCUT2D eigenvalue weighted by molar-refractivity contribution is -0.127. The van der Waals surface area contributed by atoms with Gasteiger partial charge in [-0.25, -0.2) is 0 Å². The number of carbonyl (C=O) groups excluding carboxylic acids is 1. The van der Waals surface area contributed by atoms with Crippen LogP contribution in [0.2, 0.25) is 0 Å². The van der Waals surface area contributed by atoms with Crippen LogP contribution in [-0.4, -0.2) is 67.5 Å². The fraction of sp³-hybridized carbons (Fsp3) is 0.324. The molecule has 226 valence electrons. The van der Waals surface area contributed by atoms with Crippen molar-refractivity contribution in [2.45, 2.75) is 13.0 Å². The van der Waals surface area contributed by atoms with E-state index < -0.39 is 0 Å². The number of hydrogen-bond acceptors (Lipinski definition) is 8. The smallest absolute Gasteiger partial charge is 0.274 e. The Balaban J connectivity index is 1.19. The van der Waals surface area contributed by atoms with Crippen molar-refractivity contribution in [2.24, 2.45) is 12.5 Å². The molecule has 3 aliphatic heterocycles. The highest BCUT2D eigenvalue weighted by Crippen LogP contribution is 2.41. The second-order valence-corrected chi connectivity index (χ2v) is 12.4. The molecule has 7 rings (SSSR count). The standard InChI is InChI=1S/C34H36N6O4/c1-37(2)25-7-8-28-22(11-25)9-10-40(32(28)42)31-6-4-5-27(29(31)17-41)23-12-30(33(43)38(3)16-23)36-24-13-26(15-35-14-24)39-18-34(19-39)20-44-21-34/h4-8,11-16,36,41H,9-10,17-21H2,1-3H3. The number of aromatic nitrogens is 2. The fourth-order valence-corrected chi connectivity index (χ4v) is 6.54. The maximum atomic E-state index is 13.7. The minimum Gasteiger partial charge on any atom is -0.392 e. The third-order valence-corrected chi connectivity index (χ3v) is 9.02. The van der Waals surface area contributed by atoms with E-state index in [4.69, 9.17) is 4.74 Å². The number of anilines is 5. The largest absolute Gasteiger partial charge is 0.392 e. The number of hydrogen-bond donors (Lipinski definition) is 2. The highest BCUT2D eigenvalue weighted by molar-refractivity contribution is 6.09. The summed E-state index contributed by atoms with van der Waals surface area (Å²) in [6, 6.07) is 15.4. The van der Waals surface area contributed by atoms with Crippen LogP contribution in [0, 0.1) is 5.41 Å². The van der Waals surface area contributed by atoms with Gasteiger partial charge >= 0.3 is 0 Å². The average Bonchev–Trinajstić information content (AvgIpc) is 2.98. The molecule has 1 amide bonds. The third-order valence-electron chi connectivity index (χ3n) is 9.02. The van der Waals surface area contributed by atoms with Gasteiger partial charge in [0.25, 0.3) is 11.5 Å². The van der Waals surface area contributed by atoms with Gasteiger partial charge in [0.15, 0.2) is 0 Å². The molecular formula is C34H36N6O4. The number of nitrogens with zero attached hydrogens (tertiary/aromatic N) is 5. The van der Waals surface area contributed by atoms with Crippen molar-refractivity contribution in [3.8, 4) is 11.1 Å². The Morgan fingerprint density at radius 1 is 1.05 bits per heavy atom. The molecule has 2 saturated heterocycles. The molecule has 2 N–H and O–H groups in total. The lowest BCUT2D eigenvalue weighted by atomic mass is 9.78. The van der Waals surface area contributed by atoms with Crippen LogP contribution in [0.5, 0.6) is 0 Å². The predicted octanol–water partition coefficient (Wildman–Crippen LogP) is 3.79. The first-order valence-electron chi connectivity index (χ1n) is 14.9. The number of amides is 1. The fourth-order valence-electron chi connectivity index (χ4n) is 6.54. The molecule has 4 aromatic rings. The number of fused-ring (bicyclic) bond motifs is 1. The van der Waals surface area contributed by atoms with Gasteiger partial charge in [0.1, 0.15) is 5.69 Å². The molecule has 0 radical (unpaired) electrons. The van der Waals surface area contributed by atoms with Crippen molar-refractivity contribution >= 4 is 34.3 Å². The number of benzene rings is 2. The van der Waals surface area contributed by atoms with Crippen LogP contribution >= 0.6 is 0 Å². The van der Waals surface area contributed by atoms with Gasteiger partial charge < -0.3 is 34.4 Å². The zero-order valence-corrected chi connectivity index (χ0v) is 25.2. The molecule has 2 aromatic heterocycles. The number of aliphatic hydroxyl groups excluding tert-OH is 1. The van der Waals surface area contributed by atoms with Crippen LogP contribution in [0.4, 0.5) is 28.4 Å². The molecule has 44 heavy (non-hydrogen) atoms. The minimum atomic E-state index is -0.262. The van der Waals surface area contributed by atoms with Crippen LogP contribution in [0.15, 0.2) is 71.9 Å². The van der Waals surface area contributed by atoms with E-state index in [1.807, 2.05) is 61.6 Å². The monoisotopic (exact) mass is 592 g/mol. The number of aryl methyl sites for hydroxylation is 1. The topological polar surface area (TPSA) is 103 Å². The predicted molar refractivity (Wildman–Crippen MR) is 172 cm³/mol. The van der Waals surface area contributed by atoms with Crippen molar-refractivity contribution in [3.63, 3.8) is 0 Å². The van der Waals surface area contributed by atoms with Crippen molar-refractivity contribution in [3.05, 3.63) is 94.2 Å². The molecule has 0 bridgehead atoms. The summed E-state index contributed by atoms with van der Waals surface area (Å²) in [4.78, 5) is 37.4. The maximum absolute atomic E-state index is 13.7. The van der Waals surface area contributed by atoms with Crippen LogP contribution in [-0.2, 0) is 24.8 Å². The molecule has 10 heteroatoms. The first kappa shape index (κ1) is 28.1. The molecular weight excluding hydrogens is 556 g/mol. The molecule has 2 aromatic carbocycles. The first-order valence-corrected chi connectivity index (χ1v) is 14.9. The zero-order chi connectivity index (χ0) is 30.6. The van der Waals surface area contributed by atoms with E-state index in [1.165, 1.54) is 4.57 Å².